The van der Waals surface area contributed by atoms with E-state index in [0.717, 1.165) is 24.0 Å². The summed E-state index contributed by atoms with van der Waals surface area (Å²) in [5, 5.41) is 9.37. The smallest absolute Gasteiger partial charge is 0.282 e. The van der Waals surface area contributed by atoms with E-state index >= 15 is 0 Å². The minimum atomic E-state index is -0.322. The lowest BCUT2D eigenvalue weighted by molar-refractivity contribution is 0.157. The Labute approximate surface area is 134 Å². The van der Waals surface area contributed by atoms with Gasteiger partial charge in [-0.25, -0.2) is 4.99 Å². The lowest BCUT2D eigenvalue weighted by Crippen LogP contribution is -2.36. The zero-order valence-corrected chi connectivity index (χ0v) is 12.8. The summed E-state index contributed by atoms with van der Waals surface area (Å²) in [5.41, 5.74) is 10.5. The van der Waals surface area contributed by atoms with Crippen molar-refractivity contribution in [1.29, 1.82) is 5.26 Å². The minimum Gasteiger partial charge on any atom is -0.460 e. The molecule has 2 N–H and O–H groups in total. The van der Waals surface area contributed by atoms with E-state index < -0.39 is 0 Å². The molecule has 1 aromatic carbocycles. The standard InChI is InChI=1S/C18H16N4O/c1-11-18(22-17(20)23-11)7-12-3-2-4-14(15(12)8-18)16-10-21-6-5-13(16)9-19/h2-6,10-11H,7-8H2,1H3,(H2,20,22)/t11-,18-/m1/s1. The first-order chi connectivity index (χ1) is 11.1. The Kier molecular flexibility index (Phi) is 2.88. The number of ether oxygens (including phenoxy) is 1. The molecule has 23 heavy (non-hydrogen) atoms. The number of rotatable bonds is 1. The number of nitrogens with two attached hydrogens (primary N) is 1. The first-order valence-corrected chi connectivity index (χ1v) is 7.60. The zero-order valence-electron chi connectivity index (χ0n) is 12.8. The van der Waals surface area contributed by atoms with Gasteiger partial charge in [-0.2, -0.15) is 5.26 Å². The van der Waals surface area contributed by atoms with Crippen LogP contribution in [0.2, 0.25) is 0 Å². The third kappa shape index (κ3) is 1.99. The average molecular weight is 304 g/mol. The van der Waals surface area contributed by atoms with E-state index in [1.807, 2.05) is 19.1 Å². The van der Waals surface area contributed by atoms with Crippen LogP contribution in [0.1, 0.15) is 23.6 Å². The quantitative estimate of drug-likeness (QED) is 0.875. The van der Waals surface area contributed by atoms with Crippen molar-refractivity contribution in [3.63, 3.8) is 0 Å². The van der Waals surface area contributed by atoms with Gasteiger partial charge in [0.2, 0.25) is 0 Å². The highest BCUT2D eigenvalue weighted by Crippen LogP contribution is 2.43. The number of nitriles is 1. The summed E-state index contributed by atoms with van der Waals surface area (Å²) in [6, 6.07) is 10.5. The number of aliphatic imine (C=N–C) groups is 1. The summed E-state index contributed by atoms with van der Waals surface area (Å²) in [6.45, 7) is 2.01. The Morgan fingerprint density at radius 2 is 2.17 bits per heavy atom. The molecule has 5 nitrogen and oxygen atoms in total. The summed E-state index contributed by atoms with van der Waals surface area (Å²) in [4.78, 5) is 8.77. The Hall–Kier alpha value is -2.87. The van der Waals surface area contributed by atoms with Crippen LogP contribution in [0.4, 0.5) is 0 Å². The molecule has 5 heteroatoms. The Balaban J connectivity index is 1.85. The third-order valence-corrected chi connectivity index (χ3v) is 4.87. The molecule has 0 fully saturated rings. The fourth-order valence-corrected chi connectivity index (χ4v) is 3.66. The summed E-state index contributed by atoms with van der Waals surface area (Å²) in [6.07, 6.45) is 4.92. The fourth-order valence-electron chi connectivity index (χ4n) is 3.66. The topological polar surface area (TPSA) is 84.3 Å². The van der Waals surface area contributed by atoms with Gasteiger partial charge in [0.25, 0.3) is 6.02 Å². The van der Waals surface area contributed by atoms with Crippen molar-refractivity contribution in [2.24, 2.45) is 10.7 Å². The highest BCUT2D eigenvalue weighted by molar-refractivity contribution is 5.77. The zero-order chi connectivity index (χ0) is 16.0. The monoisotopic (exact) mass is 304 g/mol. The molecule has 2 aromatic rings. The van der Waals surface area contributed by atoms with Gasteiger partial charge in [-0.1, -0.05) is 18.2 Å². The van der Waals surface area contributed by atoms with Crippen LogP contribution in [0.3, 0.4) is 0 Å². The van der Waals surface area contributed by atoms with Crippen LogP contribution < -0.4 is 5.73 Å². The number of hydrogen-bond donors (Lipinski definition) is 1. The van der Waals surface area contributed by atoms with Crippen LogP contribution in [0.15, 0.2) is 41.7 Å². The molecule has 4 rings (SSSR count). The molecule has 2 heterocycles. The van der Waals surface area contributed by atoms with Gasteiger partial charge in [0, 0.05) is 30.8 Å². The Morgan fingerprint density at radius 3 is 2.91 bits per heavy atom. The molecule has 1 aromatic heterocycles. The second-order valence-corrected chi connectivity index (χ2v) is 6.14. The maximum atomic E-state index is 9.37. The van der Waals surface area contributed by atoms with Crippen molar-refractivity contribution in [1.82, 2.24) is 4.98 Å². The van der Waals surface area contributed by atoms with E-state index in [1.54, 1.807) is 18.5 Å². The van der Waals surface area contributed by atoms with Crippen molar-refractivity contribution in [2.75, 3.05) is 0 Å². The van der Waals surface area contributed by atoms with Gasteiger partial charge in [0.1, 0.15) is 11.6 Å². The molecule has 0 bridgehead atoms. The van der Waals surface area contributed by atoms with Crippen molar-refractivity contribution in [3.05, 3.63) is 53.3 Å². The molecule has 1 spiro atoms. The van der Waals surface area contributed by atoms with Gasteiger partial charge in [-0.05, 0) is 29.7 Å². The third-order valence-electron chi connectivity index (χ3n) is 4.87. The first-order valence-electron chi connectivity index (χ1n) is 7.60. The van der Waals surface area contributed by atoms with E-state index in [9.17, 15) is 5.26 Å². The van der Waals surface area contributed by atoms with E-state index in [0.29, 0.717) is 5.56 Å². The molecule has 0 radical (unpaired) electrons. The maximum absolute atomic E-state index is 9.37. The molecule has 0 saturated carbocycles. The predicted molar refractivity (Wildman–Crippen MR) is 86.7 cm³/mol. The number of nitrogens with zero attached hydrogens (tertiary/aromatic N) is 3. The van der Waals surface area contributed by atoms with Crippen LogP contribution in [0, 0.1) is 11.3 Å². The average Bonchev–Trinajstić information content (AvgIpc) is 3.06. The van der Waals surface area contributed by atoms with Crippen molar-refractivity contribution < 1.29 is 4.74 Å². The van der Waals surface area contributed by atoms with Gasteiger partial charge in [0.15, 0.2) is 0 Å². The number of benzene rings is 1. The van der Waals surface area contributed by atoms with Gasteiger partial charge < -0.3 is 10.5 Å². The summed E-state index contributed by atoms with van der Waals surface area (Å²) in [7, 11) is 0. The fraction of sp³-hybridized carbons (Fsp3) is 0.278. The molecule has 2 aliphatic rings. The lowest BCUT2D eigenvalue weighted by atomic mass is 9.90. The predicted octanol–water partition coefficient (Wildman–Crippen LogP) is 2.19. The minimum absolute atomic E-state index is 0.0490. The van der Waals surface area contributed by atoms with E-state index in [1.165, 1.54) is 11.1 Å². The number of aromatic nitrogens is 1. The largest absolute Gasteiger partial charge is 0.460 e. The van der Waals surface area contributed by atoms with Crippen LogP contribution >= 0.6 is 0 Å². The van der Waals surface area contributed by atoms with Crippen LogP contribution in [0.25, 0.3) is 11.1 Å². The van der Waals surface area contributed by atoms with E-state index in [4.69, 9.17) is 10.5 Å². The van der Waals surface area contributed by atoms with Crippen LogP contribution in [0.5, 0.6) is 0 Å². The Bertz CT molecular complexity index is 868. The molecule has 2 atom stereocenters. The molecule has 1 aliphatic carbocycles. The Morgan fingerprint density at radius 1 is 1.30 bits per heavy atom. The SMILES string of the molecule is C[C@H]1OC(N)=N[C@@]12Cc1cccc(-c3cnccc3C#N)c1C2. The van der Waals surface area contributed by atoms with Crippen molar-refractivity contribution in [2.45, 2.75) is 31.4 Å². The molecule has 0 amide bonds. The molecular weight excluding hydrogens is 288 g/mol. The second kappa shape index (κ2) is 4.82. The normalized spacial score (nSPS) is 24.9. The summed E-state index contributed by atoms with van der Waals surface area (Å²) < 4.78 is 5.58. The maximum Gasteiger partial charge on any atom is 0.282 e. The van der Waals surface area contributed by atoms with Gasteiger partial charge in [-0.3, -0.25) is 4.98 Å². The molecule has 0 saturated heterocycles. The van der Waals surface area contributed by atoms with Gasteiger partial charge >= 0.3 is 0 Å². The second-order valence-electron chi connectivity index (χ2n) is 6.14. The molecular formula is C18H16N4O. The number of amidine groups is 1. The highest BCUT2D eigenvalue weighted by Gasteiger charge is 2.48. The lowest BCUT2D eigenvalue weighted by Gasteiger charge is -2.23. The summed E-state index contributed by atoms with van der Waals surface area (Å²) in [5.74, 6) is 0. The van der Waals surface area contributed by atoms with E-state index in [-0.39, 0.29) is 17.7 Å². The van der Waals surface area contributed by atoms with Gasteiger partial charge in [0.05, 0.1) is 11.6 Å². The highest BCUT2D eigenvalue weighted by atomic mass is 16.5. The van der Waals surface area contributed by atoms with Crippen LogP contribution in [-0.2, 0) is 17.6 Å². The van der Waals surface area contributed by atoms with Gasteiger partial charge in [-0.15, -0.1) is 0 Å². The number of fused-ring (bicyclic) bond motifs is 1. The molecule has 114 valence electrons. The summed E-state index contributed by atoms with van der Waals surface area (Å²) >= 11 is 0. The number of pyridine rings is 1. The van der Waals surface area contributed by atoms with E-state index in [2.05, 4.69) is 22.1 Å². The molecule has 1 aliphatic heterocycles. The number of hydrogen-bond acceptors (Lipinski definition) is 5. The van der Waals surface area contributed by atoms with Crippen LogP contribution in [-0.4, -0.2) is 22.6 Å². The van der Waals surface area contributed by atoms with Crippen molar-refractivity contribution in [3.8, 4) is 17.2 Å². The van der Waals surface area contributed by atoms with Crippen molar-refractivity contribution >= 4 is 6.02 Å². The molecule has 0 unspecified atom stereocenters. The first kappa shape index (κ1) is 13.8.